The number of rotatable bonds is 4. The van der Waals surface area contributed by atoms with Crippen molar-refractivity contribution in [2.45, 2.75) is 44.7 Å². The molecule has 31 heavy (non-hydrogen) atoms. The first-order valence-corrected chi connectivity index (χ1v) is 10.7. The van der Waals surface area contributed by atoms with Crippen LogP contribution in [0.1, 0.15) is 53.0 Å². The van der Waals surface area contributed by atoms with Gasteiger partial charge in [0.25, 0.3) is 5.91 Å². The minimum Gasteiger partial charge on any atom is -0.330 e. The second kappa shape index (κ2) is 7.08. The number of nitrogens with one attached hydrogen (secondary N) is 1. The standard InChI is InChI=1S/C23H26N6O2/c1-4-10-29-15(2)17(13-25-29)21(30)28-11-9-23(20(28)16-12-24-27(3)14-16)18-7-5-6-8-19(18)26-22(23)31/h5-8,12-14,20H,4,9-11H2,1-3H3,(H,26,31)/t20-,23+/m0/s1. The van der Waals surface area contributed by atoms with E-state index in [1.165, 1.54) is 0 Å². The topological polar surface area (TPSA) is 85.1 Å². The van der Waals surface area contributed by atoms with E-state index in [1.807, 2.05) is 54.0 Å². The van der Waals surface area contributed by atoms with Crippen LogP contribution in [0.15, 0.2) is 42.9 Å². The monoisotopic (exact) mass is 418 g/mol. The third kappa shape index (κ3) is 2.74. The average molecular weight is 419 g/mol. The number of fused-ring (bicyclic) bond motifs is 2. The molecule has 1 spiro atoms. The molecule has 3 aromatic rings. The van der Waals surface area contributed by atoms with Gasteiger partial charge < -0.3 is 10.2 Å². The van der Waals surface area contributed by atoms with Gasteiger partial charge in [0.1, 0.15) is 5.41 Å². The number of amides is 2. The fourth-order valence-corrected chi connectivity index (χ4v) is 5.20. The Bertz CT molecular complexity index is 1180. The van der Waals surface area contributed by atoms with Gasteiger partial charge in [0.15, 0.2) is 0 Å². The first kappa shape index (κ1) is 19.5. The van der Waals surface area contributed by atoms with Crippen molar-refractivity contribution in [3.05, 3.63) is 65.2 Å². The lowest BCUT2D eigenvalue weighted by Gasteiger charge is -2.33. The summed E-state index contributed by atoms with van der Waals surface area (Å²) in [5.74, 6) is -0.154. The van der Waals surface area contributed by atoms with Crippen molar-refractivity contribution in [1.82, 2.24) is 24.5 Å². The number of aromatic nitrogens is 4. The van der Waals surface area contributed by atoms with E-state index in [1.54, 1.807) is 17.1 Å². The second-order valence-corrected chi connectivity index (χ2v) is 8.44. The third-order valence-corrected chi connectivity index (χ3v) is 6.66. The van der Waals surface area contributed by atoms with Gasteiger partial charge in [-0.25, -0.2) is 0 Å². The molecule has 2 atom stereocenters. The summed E-state index contributed by atoms with van der Waals surface area (Å²) in [4.78, 5) is 29.0. The molecular formula is C23H26N6O2. The molecule has 2 aliphatic heterocycles. The molecule has 2 aliphatic rings. The molecular weight excluding hydrogens is 392 g/mol. The number of nitrogens with zero attached hydrogens (tertiary/aromatic N) is 5. The number of hydrogen-bond donors (Lipinski definition) is 1. The molecule has 0 aliphatic carbocycles. The molecule has 160 valence electrons. The summed E-state index contributed by atoms with van der Waals surface area (Å²) in [5.41, 5.74) is 3.24. The maximum atomic E-state index is 13.7. The van der Waals surface area contributed by atoms with Crippen molar-refractivity contribution in [2.75, 3.05) is 11.9 Å². The van der Waals surface area contributed by atoms with Crippen LogP contribution in [0.2, 0.25) is 0 Å². The molecule has 8 heteroatoms. The largest absolute Gasteiger partial charge is 0.330 e. The van der Waals surface area contributed by atoms with E-state index >= 15 is 0 Å². The van der Waals surface area contributed by atoms with E-state index < -0.39 is 11.5 Å². The minimum atomic E-state index is -0.831. The summed E-state index contributed by atoms with van der Waals surface area (Å²) < 4.78 is 3.59. The number of anilines is 1. The van der Waals surface area contributed by atoms with Gasteiger partial charge in [-0.05, 0) is 31.4 Å². The molecule has 0 radical (unpaired) electrons. The van der Waals surface area contributed by atoms with Gasteiger partial charge >= 0.3 is 0 Å². The Morgan fingerprint density at radius 1 is 1.26 bits per heavy atom. The van der Waals surface area contributed by atoms with E-state index in [9.17, 15) is 9.59 Å². The number of aryl methyl sites for hydroxylation is 2. The van der Waals surface area contributed by atoms with Crippen LogP contribution in [0.4, 0.5) is 5.69 Å². The Morgan fingerprint density at radius 2 is 2.06 bits per heavy atom. The molecule has 1 fully saturated rings. The average Bonchev–Trinajstić information content (AvgIpc) is 3.50. The summed E-state index contributed by atoms with van der Waals surface area (Å²) in [6, 6.07) is 7.35. The zero-order chi connectivity index (χ0) is 21.8. The maximum Gasteiger partial charge on any atom is 0.257 e. The van der Waals surface area contributed by atoms with E-state index in [-0.39, 0.29) is 11.8 Å². The second-order valence-electron chi connectivity index (χ2n) is 8.44. The van der Waals surface area contributed by atoms with E-state index in [4.69, 9.17) is 0 Å². The van der Waals surface area contributed by atoms with Crippen LogP contribution in [-0.2, 0) is 23.8 Å². The van der Waals surface area contributed by atoms with Gasteiger partial charge in [0, 0.05) is 43.3 Å². The Balaban J connectivity index is 1.63. The van der Waals surface area contributed by atoms with E-state index in [2.05, 4.69) is 22.4 Å². The van der Waals surface area contributed by atoms with Gasteiger partial charge in [-0.3, -0.25) is 19.0 Å². The molecule has 1 N–H and O–H groups in total. The molecule has 2 amide bonds. The maximum absolute atomic E-state index is 13.7. The summed E-state index contributed by atoms with van der Waals surface area (Å²) in [5, 5.41) is 11.8. The number of carbonyl (C=O) groups is 2. The molecule has 4 heterocycles. The fraction of sp³-hybridized carbons (Fsp3) is 0.391. The number of benzene rings is 1. The van der Waals surface area contributed by atoms with Crippen molar-refractivity contribution in [1.29, 1.82) is 0 Å². The summed E-state index contributed by atoms with van der Waals surface area (Å²) in [7, 11) is 1.85. The number of likely N-dealkylation sites (tertiary alicyclic amines) is 1. The Morgan fingerprint density at radius 3 is 2.81 bits per heavy atom. The number of carbonyl (C=O) groups excluding carboxylic acids is 2. The van der Waals surface area contributed by atoms with Crippen molar-refractivity contribution in [3.63, 3.8) is 0 Å². The number of hydrogen-bond acceptors (Lipinski definition) is 4. The lowest BCUT2D eigenvalue weighted by Crippen LogP contribution is -2.42. The summed E-state index contributed by atoms with van der Waals surface area (Å²) in [6.07, 6.45) is 6.82. The predicted molar refractivity (Wildman–Crippen MR) is 116 cm³/mol. The highest BCUT2D eigenvalue weighted by Crippen LogP contribution is 2.54. The number of para-hydroxylation sites is 1. The highest BCUT2D eigenvalue weighted by molar-refractivity contribution is 6.08. The summed E-state index contributed by atoms with van der Waals surface area (Å²) in [6.45, 7) is 5.27. The SMILES string of the molecule is CCCn1ncc(C(=O)N2CC[C@]3(C(=O)Nc4ccccc43)[C@@H]2c2cnn(C)c2)c1C. The van der Waals surface area contributed by atoms with Gasteiger partial charge in [-0.2, -0.15) is 10.2 Å². The van der Waals surface area contributed by atoms with Crippen molar-refractivity contribution in [3.8, 4) is 0 Å². The molecule has 5 rings (SSSR count). The van der Waals surface area contributed by atoms with Gasteiger partial charge in [-0.1, -0.05) is 25.1 Å². The quantitative estimate of drug-likeness (QED) is 0.706. The van der Waals surface area contributed by atoms with Crippen LogP contribution in [-0.4, -0.2) is 42.8 Å². The highest BCUT2D eigenvalue weighted by Gasteiger charge is 2.59. The van der Waals surface area contributed by atoms with Crippen LogP contribution < -0.4 is 5.32 Å². The molecule has 0 saturated carbocycles. The smallest absolute Gasteiger partial charge is 0.257 e. The van der Waals surface area contributed by atoms with Crippen molar-refractivity contribution >= 4 is 17.5 Å². The first-order valence-electron chi connectivity index (χ1n) is 10.7. The molecule has 2 aromatic heterocycles. The fourth-order valence-electron chi connectivity index (χ4n) is 5.20. The Hall–Kier alpha value is -3.42. The van der Waals surface area contributed by atoms with Crippen LogP contribution in [0.5, 0.6) is 0 Å². The molecule has 0 bridgehead atoms. The lowest BCUT2D eigenvalue weighted by molar-refractivity contribution is -0.121. The highest BCUT2D eigenvalue weighted by atomic mass is 16.2. The Kier molecular flexibility index (Phi) is 4.46. The zero-order valence-corrected chi connectivity index (χ0v) is 18.0. The van der Waals surface area contributed by atoms with Crippen LogP contribution in [0, 0.1) is 6.92 Å². The van der Waals surface area contributed by atoms with E-state index in [0.29, 0.717) is 18.5 Å². The minimum absolute atomic E-state index is 0.0590. The zero-order valence-electron chi connectivity index (χ0n) is 18.0. The third-order valence-electron chi connectivity index (χ3n) is 6.66. The summed E-state index contributed by atoms with van der Waals surface area (Å²) >= 11 is 0. The van der Waals surface area contributed by atoms with Crippen LogP contribution >= 0.6 is 0 Å². The van der Waals surface area contributed by atoms with E-state index in [0.717, 1.165) is 35.5 Å². The molecule has 8 nitrogen and oxygen atoms in total. The van der Waals surface area contributed by atoms with Crippen molar-refractivity contribution in [2.24, 2.45) is 7.05 Å². The lowest BCUT2D eigenvalue weighted by atomic mass is 9.73. The normalized spacial score (nSPS) is 22.2. The van der Waals surface area contributed by atoms with Crippen LogP contribution in [0.3, 0.4) is 0 Å². The van der Waals surface area contributed by atoms with Crippen molar-refractivity contribution < 1.29 is 9.59 Å². The van der Waals surface area contributed by atoms with Gasteiger partial charge in [-0.15, -0.1) is 0 Å². The van der Waals surface area contributed by atoms with Crippen LogP contribution in [0.25, 0.3) is 0 Å². The van der Waals surface area contributed by atoms with Gasteiger partial charge in [0.2, 0.25) is 5.91 Å². The molecule has 0 unspecified atom stereocenters. The Labute approximate surface area is 180 Å². The predicted octanol–water partition coefficient (Wildman–Crippen LogP) is 2.81. The first-order chi connectivity index (χ1) is 15.0. The van der Waals surface area contributed by atoms with Gasteiger partial charge in [0.05, 0.1) is 24.0 Å². The molecule has 1 saturated heterocycles. The molecule has 1 aromatic carbocycles.